The number of aryl methyl sites for hydroxylation is 2. The fraction of sp³-hybridized carbons (Fsp3) is 0.611. The smallest absolute Gasteiger partial charge is 0.232 e. The number of carbonyl (C=O) groups excluding carboxylic acids is 1. The van der Waals surface area contributed by atoms with Gasteiger partial charge >= 0.3 is 0 Å². The molecule has 1 aromatic rings. The monoisotopic (exact) mass is 319 g/mol. The van der Waals surface area contributed by atoms with Gasteiger partial charge in [0.25, 0.3) is 0 Å². The van der Waals surface area contributed by atoms with Crippen molar-refractivity contribution in [2.75, 3.05) is 18.8 Å². The molecule has 2 bridgehead atoms. The number of thioether (sulfide) groups is 1. The molecule has 1 heterocycles. The fourth-order valence-electron chi connectivity index (χ4n) is 3.90. The van der Waals surface area contributed by atoms with Crippen LogP contribution in [0, 0.1) is 25.7 Å². The molecular weight excluding hydrogens is 294 g/mol. The lowest BCUT2D eigenvalue weighted by Crippen LogP contribution is -2.47. The van der Waals surface area contributed by atoms with Crippen LogP contribution in [0.15, 0.2) is 18.2 Å². The number of aliphatic hydroxyl groups is 1. The number of piperidine rings is 1. The normalized spacial score (nSPS) is 27.2. The highest BCUT2D eigenvalue weighted by molar-refractivity contribution is 7.99. The van der Waals surface area contributed by atoms with Crippen molar-refractivity contribution in [2.45, 2.75) is 38.5 Å². The van der Waals surface area contributed by atoms with Crippen LogP contribution in [0.5, 0.6) is 0 Å². The summed E-state index contributed by atoms with van der Waals surface area (Å²) in [5.74, 6) is 2.29. The van der Waals surface area contributed by atoms with Crippen molar-refractivity contribution >= 4 is 17.7 Å². The average molecular weight is 319 g/mol. The minimum atomic E-state index is -0.174. The average Bonchev–Trinajstić information content (AvgIpc) is 2.68. The van der Waals surface area contributed by atoms with Crippen LogP contribution in [0.25, 0.3) is 0 Å². The second kappa shape index (κ2) is 6.63. The molecule has 0 aromatic heterocycles. The van der Waals surface area contributed by atoms with E-state index in [2.05, 4.69) is 32.0 Å². The van der Waals surface area contributed by atoms with Crippen LogP contribution in [-0.2, 0) is 10.5 Å². The molecule has 1 aliphatic carbocycles. The number of benzene rings is 1. The van der Waals surface area contributed by atoms with Gasteiger partial charge < -0.3 is 10.0 Å². The first-order valence-corrected chi connectivity index (χ1v) is 9.29. The van der Waals surface area contributed by atoms with E-state index >= 15 is 0 Å². The number of carbonyl (C=O) groups is 1. The predicted molar refractivity (Wildman–Crippen MR) is 90.9 cm³/mol. The van der Waals surface area contributed by atoms with Gasteiger partial charge in [-0.15, -0.1) is 11.8 Å². The molecule has 3 nitrogen and oxygen atoms in total. The number of rotatable bonds is 4. The molecule has 1 saturated carbocycles. The molecule has 4 heteroatoms. The Hall–Kier alpha value is -1.00. The molecule has 3 rings (SSSR count). The van der Waals surface area contributed by atoms with Crippen LogP contribution >= 0.6 is 11.8 Å². The minimum absolute atomic E-state index is 0.174. The van der Waals surface area contributed by atoms with E-state index in [0.29, 0.717) is 17.6 Å². The first-order chi connectivity index (χ1) is 10.5. The third-order valence-electron chi connectivity index (χ3n) is 4.91. The largest absolute Gasteiger partial charge is 0.392 e. The van der Waals surface area contributed by atoms with Gasteiger partial charge in [0.1, 0.15) is 0 Å². The third kappa shape index (κ3) is 3.49. The lowest BCUT2D eigenvalue weighted by atomic mass is 9.95. The summed E-state index contributed by atoms with van der Waals surface area (Å²) in [4.78, 5) is 14.3. The van der Waals surface area contributed by atoms with E-state index in [1.807, 2.05) is 4.90 Å². The van der Waals surface area contributed by atoms with Crippen molar-refractivity contribution in [3.05, 3.63) is 34.9 Å². The Morgan fingerprint density at radius 1 is 1.18 bits per heavy atom. The first kappa shape index (κ1) is 15.9. The number of aliphatic hydroxyl groups excluding tert-OH is 1. The summed E-state index contributed by atoms with van der Waals surface area (Å²) in [6.07, 6.45) is 1.98. The van der Waals surface area contributed by atoms with E-state index in [0.717, 1.165) is 31.7 Å². The number of hydrogen-bond acceptors (Lipinski definition) is 3. The molecule has 1 aliphatic heterocycles. The Morgan fingerprint density at radius 2 is 1.77 bits per heavy atom. The summed E-state index contributed by atoms with van der Waals surface area (Å²) in [6, 6.07) is 6.57. The summed E-state index contributed by atoms with van der Waals surface area (Å²) in [6.45, 7) is 5.73. The topological polar surface area (TPSA) is 40.5 Å². The van der Waals surface area contributed by atoms with Gasteiger partial charge in [-0.1, -0.05) is 29.3 Å². The van der Waals surface area contributed by atoms with Gasteiger partial charge in [-0.3, -0.25) is 4.79 Å². The van der Waals surface area contributed by atoms with Crippen LogP contribution in [-0.4, -0.2) is 40.9 Å². The first-order valence-electron chi connectivity index (χ1n) is 8.13. The highest BCUT2D eigenvalue weighted by Gasteiger charge is 2.41. The van der Waals surface area contributed by atoms with Crippen LogP contribution in [0.3, 0.4) is 0 Å². The van der Waals surface area contributed by atoms with Crippen LogP contribution in [0.1, 0.15) is 29.5 Å². The molecule has 1 unspecified atom stereocenters. The quantitative estimate of drug-likeness (QED) is 0.928. The second-order valence-corrected chi connectivity index (χ2v) is 7.86. The maximum Gasteiger partial charge on any atom is 0.232 e. The van der Waals surface area contributed by atoms with Crippen molar-refractivity contribution in [3.8, 4) is 0 Å². The van der Waals surface area contributed by atoms with E-state index in [1.165, 1.54) is 16.7 Å². The summed E-state index contributed by atoms with van der Waals surface area (Å²) < 4.78 is 0. The summed E-state index contributed by atoms with van der Waals surface area (Å²) in [5, 5.41) is 10.0. The Kier molecular flexibility index (Phi) is 4.79. The van der Waals surface area contributed by atoms with Gasteiger partial charge in [0, 0.05) is 30.7 Å². The van der Waals surface area contributed by atoms with Gasteiger partial charge in [-0.05, 0) is 32.3 Å². The molecule has 1 saturated heterocycles. The Balaban J connectivity index is 1.48. The van der Waals surface area contributed by atoms with E-state index in [4.69, 9.17) is 0 Å². The van der Waals surface area contributed by atoms with Crippen LogP contribution in [0.2, 0.25) is 0 Å². The number of nitrogens with zero attached hydrogens (tertiary/aromatic N) is 1. The van der Waals surface area contributed by atoms with Crippen molar-refractivity contribution in [1.82, 2.24) is 4.90 Å². The summed E-state index contributed by atoms with van der Waals surface area (Å²) in [7, 11) is 0. The zero-order valence-corrected chi connectivity index (χ0v) is 14.2. The lowest BCUT2D eigenvalue weighted by molar-refractivity contribution is -0.132. The molecule has 1 N–H and O–H groups in total. The van der Waals surface area contributed by atoms with Crippen molar-refractivity contribution in [2.24, 2.45) is 11.8 Å². The molecule has 120 valence electrons. The number of fused-ring (bicyclic) bond motifs is 2. The maximum atomic E-state index is 12.4. The fourth-order valence-corrected chi connectivity index (χ4v) is 4.76. The van der Waals surface area contributed by atoms with Crippen molar-refractivity contribution in [3.63, 3.8) is 0 Å². The zero-order valence-electron chi connectivity index (χ0n) is 13.4. The van der Waals surface area contributed by atoms with Crippen molar-refractivity contribution < 1.29 is 9.90 Å². The van der Waals surface area contributed by atoms with E-state index in [1.54, 1.807) is 11.8 Å². The second-order valence-electron chi connectivity index (χ2n) is 6.88. The van der Waals surface area contributed by atoms with E-state index in [9.17, 15) is 9.90 Å². The molecule has 3 atom stereocenters. The van der Waals surface area contributed by atoms with Gasteiger partial charge in [-0.25, -0.2) is 0 Å². The lowest BCUT2D eigenvalue weighted by Gasteiger charge is -2.35. The number of hydrogen-bond donors (Lipinski definition) is 1. The van der Waals surface area contributed by atoms with E-state index < -0.39 is 0 Å². The third-order valence-corrected chi connectivity index (χ3v) is 5.90. The van der Waals surface area contributed by atoms with Gasteiger partial charge in [0.15, 0.2) is 0 Å². The summed E-state index contributed by atoms with van der Waals surface area (Å²) >= 11 is 1.70. The highest BCUT2D eigenvalue weighted by Crippen LogP contribution is 2.36. The molecular formula is C18H25NO2S. The number of amides is 1. The van der Waals surface area contributed by atoms with Gasteiger partial charge in [-0.2, -0.15) is 0 Å². The van der Waals surface area contributed by atoms with Gasteiger partial charge in [0.05, 0.1) is 11.9 Å². The van der Waals surface area contributed by atoms with Crippen molar-refractivity contribution in [1.29, 1.82) is 0 Å². The van der Waals surface area contributed by atoms with Crippen LogP contribution < -0.4 is 0 Å². The predicted octanol–water partition coefficient (Wildman–Crippen LogP) is 2.77. The Bertz CT molecular complexity index is 526. The molecule has 0 spiro atoms. The zero-order chi connectivity index (χ0) is 15.7. The van der Waals surface area contributed by atoms with Gasteiger partial charge in [0.2, 0.25) is 5.91 Å². The van der Waals surface area contributed by atoms with Crippen LogP contribution in [0.4, 0.5) is 0 Å². The molecule has 2 aliphatic rings. The summed E-state index contributed by atoms with van der Waals surface area (Å²) in [5.41, 5.74) is 3.86. The molecule has 22 heavy (non-hydrogen) atoms. The molecule has 1 amide bonds. The standard InChI is InChI=1S/C18H25NO2S/c1-12-5-13(2)7-14(6-12)10-22-11-17(20)19-8-15-3-4-16(9-19)18(15)21/h5-7,15-16,18,21H,3-4,8-11H2,1-2H3/t15-,16+,18?. The Morgan fingerprint density at radius 3 is 2.36 bits per heavy atom. The maximum absolute atomic E-state index is 12.4. The van der Waals surface area contributed by atoms with E-state index in [-0.39, 0.29) is 12.0 Å². The molecule has 2 fully saturated rings. The SMILES string of the molecule is Cc1cc(C)cc(CSCC(=O)N2C[C@H]3CC[C@@H](C2)C3O)c1. The molecule has 1 aromatic carbocycles. The number of likely N-dealkylation sites (tertiary alicyclic amines) is 1. The minimum Gasteiger partial charge on any atom is -0.392 e. The molecule has 0 radical (unpaired) electrons. The highest BCUT2D eigenvalue weighted by atomic mass is 32.2. The Labute approximate surface area is 137 Å².